The number of thioether (sulfide) groups is 1. The van der Waals surface area contributed by atoms with Crippen molar-refractivity contribution in [3.63, 3.8) is 0 Å². The second-order valence-corrected chi connectivity index (χ2v) is 9.16. The Kier molecular flexibility index (Phi) is 5.74. The van der Waals surface area contributed by atoms with Crippen molar-refractivity contribution in [3.8, 4) is 6.07 Å². The highest BCUT2D eigenvalue weighted by molar-refractivity contribution is 7.99. The van der Waals surface area contributed by atoms with Crippen LogP contribution in [-0.2, 0) is 38.2 Å². The first-order chi connectivity index (χ1) is 14.1. The highest BCUT2D eigenvalue weighted by Crippen LogP contribution is 2.37. The fraction of sp³-hybridized carbons (Fsp3) is 0.400. The van der Waals surface area contributed by atoms with E-state index in [1.54, 1.807) is 11.3 Å². The number of hydrogen-bond donors (Lipinski definition) is 1. The third-order valence-electron chi connectivity index (χ3n) is 5.18. The first-order valence-electron chi connectivity index (χ1n) is 9.52. The zero-order chi connectivity index (χ0) is 20.4. The molecule has 3 heterocycles. The van der Waals surface area contributed by atoms with Gasteiger partial charge in [0.25, 0.3) is 0 Å². The van der Waals surface area contributed by atoms with E-state index in [-0.39, 0.29) is 11.7 Å². The fourth-order valence-corrected chi connectivity index (χ4v) is 5.52. The summed E-state index contributed by atoms with van der Waals surface area (Å²) in [6, 6.07) is 6.34. The van der Waals surface area contributed by atoms with E-state index in [9.17, 15) is 10.1 Å². The van der Waals surface area contributed by atoms with Gasteiger partial charge in [-0.1, -0.05) is 11.8 Å². The standard InChI is InChI=1S/C20H22N6OS2/c1-25-9-5-6-13(25)10-17-23-24-20(26(17)2)28-12-18(27)22-19-15(11-21)14-7-3-4-8-16(14)29-19/h5-6,9H,3-4,7-8,10,12H2,1-2H3,(H,22,27). The van der Waals surface area contributed by atoms with Crippen LogP contribution in [0.2, 0.25) is 0 Å². The second kappa shape index (κ2) is 8.43. The number of nitrogens with one attached hydrogen (secondary N) is 1. The van der Waals surface area contributed by atoms with Gasteiger partial charge in [0.1, 0.15) is 16.9 Å². The third kappa shape index (κ3) is 4.09. The number of hydrogen-bond acceptors (Lipinski definition) is 6. The fourth-order valence-electron chi connectivity index (χ4n) is 3.53. The van der Waals surface area contributed by atoms with Crippen molar-refractivity contribution in [2.24, 2.45) is 14.1 Å². The monoisotopic (exact) mass is 426 g/mol. The minimum absolute atomic E-state index is 0.128. The van der Waals surface area contributed by atoms with Gasteiger partial charge in [-0.05, 0) is 43.4 Å². The Morgan fingerprint density at radius 3 is 2.93 bits per heavy atom. The highest BCUT2D eigenvalue weighted by atomic mass is 32.2. The molecule has 9 heteroatoms. The van der Waals surface area contributed by atoms with E-state index in [0.29, 0.717) is 22.1 Å². The molecule has 1 aliphatic rings. The molecule has 0 saturated carbocycles. The predicted molar refractivity (Wildman–Crippen MR) is 114 cm³/mol. The van der Waals surface area contributed by atoms with E-state index in [1.807, 2.05) is 30.9 Å². The Hall–Kier alpha value is -2.57. The van der Waals surface area contributed by atoms with Gasteiger partial charge in [0.05, 0.1) is 11.3 Å². The van der Waals surface area contributed by atoms with Crippen molar-refractivity contribution < 1.29 is 4.79 Å². The molecule has 0 radical (unpaired) electrons. The lowest BCUT2D eigenvalue weighted by molar-refractivity contribution is -0.113. The maximum atomic E-state index is 12.5. The maximum absolute atomic E-state index is 12.5. The van der Waals surface area contributed by atoms with Gasteiger partial charge in [-0.15, -0.1) is 21.5 Å². The summed E-state index contributed by atoms with van der Waals surface area (Å²) >= 11 is 2.90. The van der Waals surface area contributed by atoms with E-state index < -0.39 is 0 Å². The molecule has 1 amide bonds. The van der Waals surface area contributed by atoms with Crippen LogP contribution in [0.25, 0.3) is 0 Å². The van der Waals surface area contributed by atoms with Crippen molar-refractivity contribution in [2.75, 3.05) is 11.1 Å². The van der Waals surface area contributed by atoms with Crippen molar-refractivity contribution >= 4 is 34.0 Å². The van der Waals surface area contributed by atoms with Crippen molar-refractivity contribution in [1.29, 1.82) is 5.26 Å². The van der Waals surface area contributed by atoms with E-state index >= 15 is 0 Å². The van der Waals surface area contributed by atoms with Crippen molar-refractivity contribution in [1.82, 2.24) is 19.3 Å². The molecule has 29 heavy (non-hydrogen) atoms. The number of carbonyl (C=O) groups excluding carboxylic acids is 1. The number of carbonyl (C=O) groups is 1. The van der Waals surface area contributed by atoms with Gasteiger partial charge in [-0.2, -0.15) is 5.26 Å². The van der Waals surface area contributed by atoms with Gasteiger partial charge in [-0.3, -0.25) is 4.79 Å². The van der Waals surface area contributed by atoms with Crippen LogP contribution in [0.5, 0.6) is 0 Å². The van der Waals surface area contributed by atoms with E-state index in [1.165, 1.54) is 16.6 Å². The van der Waals surface area contributed by atoms with Crippen LogP contribution in [0.4, 0.5) is 5.00 Å². The molecule has 1 aliphatic carbocycles. The van der Waals surface area contributed by atoms with Crippen LogP contribution >= 0.6 is 23.1 Å². The molecule has 0 saturated heterocycles. The minimum Gasteiger partial charge on any atom is -0.354 e. The highest BCUT2D eigenvalue weighted by Gasteiger charge is 2.22. The number of nitrogens with zero attached hydrogens (tertiary/aromatic N) is 5. The lowest BCUT2D eigenvalue weighted by Gasteiger charge is -2.09. The number of aromatic nitrogens is 4. The lowest BCUT2D eigenvalue weighted by atomic mass is 9.96. The van der Waals surface area contributed by atoms with Gasteiger partial charge >= 0.3 is 0 Å². The molecule has 3 aromatic rings. The summed E-state index contributed by atoms with van der Waals surface area (Å²) < 4.78 is 3.98. The lowest BCUT2D eigenvalue weighted by Crippen LogP contribution is -2.14. The Morgan fingerprint density at radius 1 is 1.34 bits per heavy atom. The van der Waals surface area contributed by atoms with Crippen LogP contribution in [0.1, 0.15) is 40.4 Å². The van der Waals surface area contributed by atoms with Gasteiger partial charge in [-0.25, -0.2) is 0 Å². The molecule has 0 fully saturated rings. The Morgan fingerprint density at radius 2 is 2.17 bits per heavy atom. The van der Waals surface area contributed by atoms with E-state index in [4.69, 9.17) is 0 Å². The van der Waals surface area contributed by atoms with Gasteiger partial charge in [0.2, 0.25) is 5.91 Å². The van der Waals surface area contributed by atoms with Crippen LogP contribution in [0.3, 0.4) is 0 Å². The number of fused-ring (bicyclic) bond motifs is 1. The zero-order valence-corrected chi connectivity index (χ0v) is 18.1. The van der Waals surface area contributed by atoms with Gasteiger partial charge in [0, 0.05) is 37.3 Å². The number of thiophene rings is 1. The number of rotatable bonds is 6. The molecule has 0 atom stereocenters. The molecule has 7 nitrogen and oxygen atoms in total. The summed E-state index contributed by atoms with van der Waals surface area (Å²) in [7, 11) is 3.92. The van der Waals surface area contributed by atoms with Crippen LogP contribution in [0, 0.1) is 11.3 Å². The summed E-state index contributed by atoms with van der Waals surface area (Å²) in [6.45, 7) is 0. The number of nitriles is 1. The molecular formula is C20H22N6OS2. The Bertz CT molecular complexity index is 1090. The topological polar surface area (TPSA) is 88.5 Å². The normalized spacial score (nSPS) is 13.1. The number of anilines is 1. The summed E-state index contributed by atoms with van der Waals surface area (Å²) in [5.41, 5.74) is 2.93. The third-order valence-corrected chi connectivity index (χ3v) is 7.41. The van der Waals surface area contributed by atoms with E-state index in [0.717, 1.165) is 42.8 Å². The van der Waals surface area contributed by atoms with Crippen LogP contribution in [-0.4, -0.2) is 31.0 Å². The average Bonchev–Trinajstić information content (AvgIpc) is 3.38. The van der Waals surface area contributed by atoms with Gasteiger partial charge < -0.3 is 14.5 Å². The molecule has 0 aromatic carbocycles. The zero-order valence-electron chi connectivity index (χ0n) is 16.4. The second-order valence-electron chi connectivity index (χ2n) is 7.11. The average molecular weight is 427 g/mol. The Balaban J connectivity index is 1.39. The summed E-state index contributed by atoms with van der Waals surface area (Å²) in [4.78, 5) is 13.7. The number of amides is 1. The molecular weight excluding hydrogens is 404 g/mol. The molecule has 0 unspecified atom stereocenters. The van der Waals surface area contributed by atoms with Crippen LogP contribution < -0.4 is 5.32 Å². The molecule has 1 N–H and O–H groups in total. The summed E-state index contributed by atoms with van der Waals surface area (Å²) in [5, 5.41) is 22.4. The summed E-state index contributed by atoms with van der Waals surface area (Å²) in [6.07, 6.45) is 6.89. The molecule has 0 bridgehead atoms. The van der Waals surface area contributed by atoms with E-state index in [2.05, 4.69) is 32.2 Å². The van der Waals surface area contributed by atoms with Crippen molar-refractivity contribution in [3.05, 3.63) is 45.9 Å². The van der Waals surface area contributed by atoms with Crippen LogP contribution in [0.15, 0.2) is 23.5 Å². The Labute approximate surface area is 177 Å². The SMILES string of the molecule is Cn1cccc1Cc1nnc(SCC(=O)Nc2sc3c(c2C#N)CCCC3)n1C. The molecule has 150 valence electrons. The molecule has 3 aromatic heterocycles. The first-order valence-corrected chi connectivity index (χ1v) is 11.3. The number of aryl methyl sites for hydroxylation is 2. The largest absolute Gasteiger partial charge is 0.354 e. The minimum atomic E-state index is -0.128. The molecule has 4 rings (SSSR count). The van der Waals surface area contributed by atoms with Gasteiger partial charge in [0.15, 0.2) is 5.16 Å². The quantitative estimate of drug-likeness (QED) is 0.611. The molecule has 0 spiro atoms. The van der Waals surface area contributed by atoms with Crippen molar-refractivity contribution in [2.45, 2.75) is 37.3 Å². The summed E-state index contributed by atoms with van der Waals surface area (Å²) in [5.74, 6) is 0.952. The molecule has 0 aliphatic heterocycles. The smallest absolute Gasteiger partial charge is 0.235 e. The maximum Gasteiger partial charge on any atom is 0.235 e. The predicted octanol–water partition coefficient (Wildman–Crippen LogP) is 3.29. The first kappa shape index (κ1) is 19.7.